The van der Waals surface area contributed by atoms with Crippen LogP contribution in [0.15, 0.2) is 134 Å². The molecule has 0 radical (unpaired) electrons. The van der Waals surface area contributed by atoms with E-state index in [0.29, 0.717) is 12.1 Å². The van der Waals surface area contributed by atoms with Crippen molar-refractivity contribution in [1.82, 2.24) is 14.9 Å². The number of esters is 1. The minimum absolute atomic E-state index is 0.0183. The van der Waals surface area contributed by atoms with Crippen LogP contribution in [0, 0.1) is 11.8 Å². The Labute approximate surface area is 501 Å². The van der Waals surface area contributed by atoms with E-state index in [1.165, 1.54) is 12.1 Å². The summed E-state index contributed by atoms with van der Waals surface area (Å²) in [7, 11) is -21.5. The maximum Gasteiger partial charge on any atom is 0.490 e. The molecular formula is C53H62N6O23P3S2+. The third kappa shape index (κ3) is 17.5. The summed E-state index contributed by atoms with van der Waals surface area (Å²) in [5.41, 5.74) is 3.34. The SMILES string of the molecule is CCN1C(=CC=CC=CC2=[N+](Cc3ccc(C(=O)OCC=CCCC(=O)NCC#Cc4cn([C@H]5C[C@@H](ON)[C@@H](COP(=O)(O)OP(=O)(O)OP(=O)(O)O)O5)c(=O)[nH]c4=O)cc3)c3ccc(S(=O)(=O)O)cc3C2(C)C)C(C)(C)c2cc(SOOO)ccc21. The van der Waals surface area contributed by atoms with Crippen molar-refractivity contribution in [1.29, 1.82) is 0 Å². The molecule has 0 aliphatic carbocycles. The predicted octanol–water partition coefficient (Wildman–Crippen LogP) is 6.15. The third-order valence-electron chi connectivity index (χ3n) is 13.8. The number of amides is 1. The van der Waals surface area contributed by atoms with Gasteiger partial charge in [-0.2, -0.15) is 21.6 Å². The summed E-state index contributed by atoms with van der Waals surface area (Å²) in [5, 5.41) is 15.0. The minimum atomic E-state index is -5.81. The van der Waals surface area contributed by atoms with E-state index in [1.54, 1.807) is 42.5 Å². The number of allylic oxidation sites excluding steroid dienone is 7. The second kappa shape index (κ2) is 28.5. The van der Waals surface area contributed by atoms with Gasteiger partial charge >= 0.3 is 35.1 Å². The molecule has 3 aliphatic heterocycles. The number of aromatic amines is 1. The van der Waals surface area contributed by atoms with Gasteiger partial charge < -0.3 is 39.3 Å². The highest BCUT2D eigenvalue weighted by Crippen LogP contribution is 2.66. The van der Waals surface area contributed by atoms with Crippen LogP contribution in [-0.2, 0) is 82.8 Å². The number of nitrogens with two attached hydrogens (primary N) is 1. The number of rotatable bonds is 26. The van der Waals surface area contributed by atoms with Gasteiger partial charge in [0.2, 0.25) is 11.6 Å². The summed E-state index contributed by atoms with van der Waals surface area (Å²) in [6.07, 6.45) is 10.3. The highest BCUT2D eigenvalue weighted by atomic mass is 32.2. The highest BCUT2D eigenvalue weighted by molar-refractivity contribution is 7.94. The molecule has 4 aromatic rings. The molecule has 3 aromatic carbocycles. The lowest BCUT2D eigenvalue weighted by Gasteiger charge is -2.25. The largest absolute Gasteiger partial charge is 0.490 e. The number of anilines is 1. The molecule has 2 unspecified atom stereocenters. The van der Waals surface area contributed by atoms with Gasteiger partial charge in [0, 0.05) is 70.5 Å². The molecule has 1 aromatic heterocycles. The van der Waals surface area contributed by atoms with Crippen molar-refractivity contribution in [2.24, 2.45) is 5.90 Å². The molecule has 4 heterocycles. The van der Waals surface area contributed by atoms with Crippen LogP contribution in [0.2, 0.25) is 0 Å². The number of H-pyrrole nitrogens is 1. The number of likely N-dealkylation sites (N-methyl/N-ethyl adjacent to an activating group) is 1. The van der Waals surface area contributed by atoms with Crippen LogP contribution in [0.25, 0.3) is 0 Å². The van der Waals surface area contributed by atoms with E-state index in [2.05, 4.69) is 81.0 Å². The molecule has 0 saturated carbocycles. The third-order valence-corrected chi connectivity index (χ3v) is 19.1. The Morgan fingerprint density at radius 2 is 1.69 bits per heavy atom. The van der Waals surface area contributed by atoms with Crippen molar-refractivity contribution in [3.8, 4) is 11.8 Å². The first-order chi connectivity index (χ1) is 40.9. The quantitative estimate of drug-likeness (QED) is 0.00325. The topological polar surface area (TPSA) is 414 Å². The lowest BCUT2D eigenvalue weighted by molar-refractivity contribution is -0.455. The van der Waals surface area contributed by atoms with Gasteiger partial charge in [0.1, 0.15) is 30.6 Å². The number of hydrogen-bond donors (Lipinski definition) is 9. The molecular weight excluding hydrogens is 1250 g/mol. The Morgan fingerprint density at radius 3 is 2.37 bits per heavy atom. The fourth-order valence-electron chi connectivity index (χ4n) is 9.77. The monoisotopic (exact) mass is 1310 g/mol. The first kappa shape index (κ1) is 68.2. The zero-order valence-electron chi connectivity index (χ0n) is 47.0. The summed E-state index contributed by atoms with van der Waals surface area (Å²) in [5.74, 6) is 9.43. The summed E-state index contributed by atoms with van der Waals surface area (Å²) in [4.78, 5) is 97.1. The second-order valence-corrected chi connectivity index (χ2v) is 27.0. The molecule has 468 valence electrons. The summed E-state index contributed by atoms with van der Waals surface area (Å²) in [6.45, 7) is 10.0. The van der Waals surface area contributed by atoms with E-state index >= 15 is 0 Å². The molecule has 5 atom stereocenters. The Morgan fingerprint density at radius 1 is 0.954 bits per heavy atom. The number of benzene rings is 3. The lowest BCUT2D eigenvalue weighted by atomic mass is 9.81. The maximum atomic E-state index is 13.0. The molecule has 1 saturated heterocycles. The van der Waals surface area contributed by atoms with Crippen molar-refractivity contribution >= 4 is 74.6 Å². The molecule has 29 nitrogen and oxygen atoms in total. The Kier molecular flexibility index (Phi) is 22.3. The molecule has 10 N–H and O–H groups in total. The van der Waals surface area contributed by atoms with E-state index in [-0.39, 0.29) is 53.9 Å². The number of carbonyl (C=O) groups is 2. The molecule has 34 heteroatoms. The van der Waals surface area contributed by atoms with Gasteiger partial charge in [-0.3, -0.25) is 33.1 Å². The van der Waals surface area contributed by atoms with E-state index in [4.69, 9.17) is 35.3 Å². The van der Waals surface area contributed by atoms with Gasteiger partial charge in [-0.1, -0.05) is 73.2 Å². The van der Waals surface area contributed by atoms with E-state index in [0.717, 1.165) is 68.2 Å². The number of phosphoric acid groups is 3. The van der Waals surface area contributed by atoms with Crippen molar-refractivity contribution in [2.75, 3.05) is 31.2 Å². The van der Waals surface area contributed by atoms with Crippen LogP contribution < -0.4 is 27.4 Å². The molecule has 7 rings (SSSR count). The molecule has 0 spiro atoms. The van der Waals surface area contributed by atoms with E-state index < -0.39 is 87.2 Å². The molecule has 87 heavy (non-hydrogen) atoms. The summed E-state index contributed by atoms with van der Waals surface area (Å²) >= 11 is 0.895. The molecule has 3 aliphatic rings. The zero-order chi connectivity index (χ0) is 63.7. The number of fused-ring (bicyclic) bond motifs is 2. The summed E-state index contributed by atoms with van der Waals surface area (Å²) in [6, 6.07) is 17.2. The standard InChI is InChI=1S/C53H61N6O23P3S2/c1-6-57-41-24-22-37(86-80-79-64)28-39(41)52(2,3)45(57)15-9-7-10-16-46-53(4,5)40-29-38(87(72,73)74)23-25-42(40)58(46)31-34-18-20-35(21-19-34)50(62)75-27-12-8-11-17-47(60)55-26-13-14-36-32-59(51(63)56-49(36)61)48-30-43(78-54)44(77-48)33-76-84(68,69)82-85(70,71)81-83(65,66)67/h7-10,12,15-16,18-25,28-29,32,43-44,48H,6,11,17,26-27,30-31,33,54H2,1-5H3,(H7-,55,56,60,61,63,64,65,66,67,68,69,70,71,72,73,74)/p+1/t43-,44-,48-/m1/s1. The maximum absolute atomic E-state index is 13.0. The van der Waals surface area contributed by atoms with Crippen molar-refractivity contribution < 1.29 is 102 Å². The number of hydrogen-bond acceptors (Lipinski definition) is 21. The Hall–Kier alpha value is -6.30. The number of carbonyl (C=O) groups excluding carboxylic acids is 2. The zero-order valence-corrected chi connectivity index (χ0v) is 51.3. The van der Waals surface area contributed by atoms with Crippen LogP contribution in [0.5, 0.6) is 0 Å². The number of aromatic nitrogens is 2. The first-order valence-corrected chi connectivity index (χ1v) is 32.8. The predicted molar refractivity (Wildman–Crippen MR) is 311 cm³/mol. The lowest BCUT2D eigenvalue weighted by Crippen LogP contribution is -2.34. The average molecular weight is 1310 g/mol. The van der Waals surface area contributed by atoms with Gasteiger partial charge in [0.25, 0.3) is 15.7 Å². The summed E-state index contributed by atoms with van der Waals surface area (Å²) < 4.78 is 99.8. The van der Waals surface area contributed by atoms with E-state index in [9.17, 15) is 55.6 Å². The van der Waals surface area contributed by atoms with Gasteiger partial charge in [0.15, 0.2) is 12.3 Å². The van der Waals surface area contributed by atoms with Crippen LogP contribution in [0.3, 0.4) is 0 Å². The van der Waals surface area contributed by atoms with Gasteiger partial charge in [-0.25, -0.2) is 34.4 Å². The van der Waals surface area contributed by atoms with Gasteiger partial charge in [0.05, 0.1) is 41.1 Å². The smallest absolute Gasteiger partial charge is 0.458 e. The van der Waals surface area contributed by atoms with Crippen molar-refractivity contribution in [3.05, 3.63) is 164 Å². The van der Waals surface area contributed by atoms with Crippen LogP contribution >= 0.6 is 35.5 Å². The number of nitrogens with one attached hydrogen (secondary N) is 2. The van der Waals surface area contributed by atoms with Crippen LogP contribution in [-0.4, -0.2) is 108 Å². The first-order valence-electron chi connectivity index (χ1n) is 26.1. The Bertz CT molecular complexity index is 3880. The normalized spacial score (nSPS) is 20.0. The van der Waals surface area contributed by atoms with Crippen molar-refractivity contribution in [2.45, 2.75) is 99.5 Å². The molecule has 1 fully saturated rings. The number of nitrogens with zero attached hydrogens (tertiary/aromatic N) is 3. The molecule has 1 amide bonds. The fourth-order valence-corrected chi connectivity index (χ4v) is 13.7. The molecule has 0 bridgehead atoms. The van der Waals surface area contributed by atoms with Crippen LogP contribution in [0.1, 0.15) is 92.7 Å². The highest BCUT2D eigenvalue weighted by Gasteiger charge is 2.46. The second-order valence-electron chi connectivity index (χ2n) is 20.3. The number of ether oxygens (including phenoxy) is 2. The fraction of sp³-hybridized carbons (Fsp3) is 0.340. The van der Waals surface area contributed by atoms with Gasteiger partial charge in [-0.15, -0.1) is 4.33 Å². The van der Waals surface area contributed by atoms with Gasteiger partial charge in [-0.05, 0) is 81.3 Å². The van der Waals surface area contributed by atoms with E-state index in [1.807, 2.05) is 56.4 Å². The number of phosphoric ester groups is 1. The Balaban J connectivity index is 0.906. The minimum Gasteiger partial charge on any atom is -0.458 e. The van der Waals surface area contributed by atoms with Crippen molar-refractivity contribution in [3.63, 3.8) is 0 Å². The average Bonchev–Trinajstić information content (AvgIpc) is 1.62. The van der Waals surface area contributed by atoms with Crippen LogP contribution in [0.4, 0.5) is 11.4 Å².